The maximum atomic E-state index is 14.1. The quantitative estimate of drug-likeness (QED) is 0.594. The first-order valence-corrected chi connectivity index (χ1v) is 9.92. The first-order valence-electron chi connectivity index (χ1n) is 7.65. The van der Waals surface area contributed by atoms with Crippen molar-refractivity contribution in [3.8, 4) is 23.5 Å². The summed E-state index contributed by atoms with van der Waals surface area (Å²) in [7, 11) is -3.66. The predicted molar refractivity (Wildman–Crippen MR) is 98.2 cm³/mol. The highest BCUT2D eigenvalue weighted by atomic mass is 35.5. The molecule has 0 amide bonds. The minimum atomic E-state index is -3.66. The average Bonchev–Trinajstić information content (AvgIpc) is 3.10. The fourth-order valence-electron chi connectivity index (χ4n) is 2.10. The molecule has 12 heteroatoms. The highest BCUT2D eigenvalue weighted by molar-refractivity contribution is 7.90. The summed E-state index contributed by atoms with van der Waals surface area (Å²) in [6.45, 7) is 0. The molecule has 3 rings (SSSR count). The Hall–Kier alpha value is -3.49. The number of aromatic amines is 1. The lowest BCUT2D eigenvalue weighted by Gasteiger charge is -2.04. The molecule has 2 N–H and O–H groups in total. The van der Waals surface area contributed by atoms with Crippen LogP contribution in [-0.2, 0) is 9.84 Å². The SMILES string of the molecule is CS(=O)(=O)c1nc(C#Cc2cc(Oc3[nH]nnc3C(=O)O)ccc2F)ccc1Cl. The Labute approximate surface area is 168 Å². The number of aromatic carboxylic acids is 1. The normalized spacial score (nSPS) is 10.9. The van der Waals surface area contributed by atoms with Gasteiger partial charge in [0.25, 0.3) is 5.88 Å². The van der Waals surface area contributed by atoms with Crippen LogP contribution in [0.5, 0.6) is 11.6 Å². The number of H-pyrrole nitrogens is 1. The first-order chi connectivity index (χ1) is 13.6. The van der Waals surface area contributed by atoms with Gasteiger partial charge in [-0.3, -0.25) is 0 Å². The van der Waals surface area contributed by atoms with E-state index in [0.29, 0.717) is 0 Å². The van der Waals surface area contributed by atoms with Gasteiger partial charge in [0.1, 0.15) is 17.3 Å². The molecule has 2 aromatic heterocycles. The number of benzene rings is 1. The molecule has 0 aliphatic rings. The lowest BCUT2D eigenvalue weighted by molar-refractivity contribution is 0.0687. The Bertz CT molecular complexity index is 1280. The van der Waals surface area contributed by atoms with Crippen LogP contribution >= 0.6 is 11.6 Å². The van der Waals surface area contributed by atoms with Crippen molar-refractivity contribution in [2.75, 3.05) is 6.26 Å². The van der Waals surface area contributed by atoms with Gasteiger partial charge in [-0.15, -0.1) is 5.10 Å². The fraction of sp³-hybridized carbons (Fsp3) is 0.0588. The van der Waals surface area contributed by atoms with Gasteiger partial charge in [0, 0.05) is 6.26 Å². The van der Waals surface area contributed by atoms with Crippen molar-refractivity contribution in [2.45, 2.75) is 5.03 Å². The zero-order valence-electron chi connectivity index (χ0n) is 14.5. The summed E-state index contributed by atoms with van der Waals surface area (Å²) in [6.07, 6.45) is 0.953. The highest BCUT2D eigenvalue weighted by Gasteiger charge is 2.17. The van der Waals surface area contributed by atoms with Crippen molar-refractivity contribution in [2.24, 2.45) is 0 Å². The number of carbonyl (C=O) groups is 1. The molecule has 0 aliphatic heterocycles. The molecule has 0 radical (unpaired) electrons. The van der Waals surface area contributed by atoms with E-state index < -0.39 is 27.3 Å². The molecule has 0 spiro atoms. The standard InChI is InChI=1S/C17H10ClFN4O5S/c1-29(26,27)16-12(18)6-4-10(20-16)3-2-9-8-11(5-7-13(9)19)28-15-14(17(24)25)21-23-22-15/h4-8H,1H3,(H,24,25)(H,21,22,23). The van der Waals surface area contributed by atoms with Crippen molar-refractivity contribution in [3.05, 3.63) is 58.1 Å². The lowest BCUT2D eigenvalue weighted by atomic mass is 10.2. The maximum Gasteiger partial charge on any atom is 0.362 e. The zero-order valence-corrected chi connectivity index (χ0v) is 16.0. The molecule has 0 atom stereocenters. The first kappa shape index (κ1) is 20.2. The summed E-state index contributed by atoms with van der Waals surface area (Å²) in [6, 6.07) is 6.26. The van der Waals surface area contributed by atoms with E-state index in [1.165, 1.54) is 24.3 Å². The van der Waals surface area contributed by atoms with Crippen LogP contribution in [0.4, 0.5) is 4.39 Å². The van der Waals surface area contributed by atoms with E-state index in [1.54, 1.807) is 0 Å². The molecule has 1 aromatic carbocycles. The minimum Gasteiger partial charge on any atom is -0.476 e. The number of nitrogens with zero attached hydrogens (tertiary/aromatic N) is 3. The molecule has 0 saturated heterocycles. The van der Waals surface area contributed by atoms with E-state index in [2.05, 4.69) is 32.2 Å². The van der Waals surface area contributed by atoms with E-state index in [9.17, 15) is 17.6 Å². The topological polar surface area (TPSA) is 135 Å². The molecule has 29 heavy (non-hydrogen) atoms. The number of sulfone groups is 1. The van der Waals surface area contributed by atoms with Gasteiger partial charge in [0.05, 0.1) is 10.6 Å². The third-order valence-electron chi connectivity index (χ3n) is 3.37. The minimum absolute atomic E-state index is 0.0537. The van der Waals surface area contributed by atoms with Crippen LogP contribution in [0.3, 0.4) is 0 Å². The Kier molecular flexibility index (Phi) is 5.49. The highest BCUT2D eigenvalue weighted by Crippen LogP contribution is 2.24. The number of hydrogen-bond donors (Lipinski definition) is 2. The van der Waals surface area contributed by atoms with E-state index in [1.807, 2.05) is 0 Å². The Balaban J connectivity index is 1.93. The van der Waals surface area contributed by atoms with Gasteiger partial charge in [0.15, 0.2) is 14.9 Å². The second kappa shape index (κ2) is 7.86. The monoisotopic (exact) mass is 436 g/mol. The van der Waals surface area contributed by atoms with Crippen LogP contribution in [-0.4, -0.2) is 46.1 Å². The molecular weight excluding hydrogens is 427 g/mol. The van der Waals surface area contributed by atoms with Crippen molar-refractivity contribution >= 4 is 27.4 Å². The molecule has 148 valence electrons. The summed E-state index contributed by atoms with van der Waals surface area (Å²) in [5, 5.41) is 17.6. The average molecular weight is 437 g/mol. The van der Waals surface area contributed by atoms with Crippen molar-refractivity contribution < 1.29 is 27.4 Å². The van der Waals surface area contributed by atoms with Gasteiger partial charge in [-0.25, -0.2) is 27.7 Å². The number of ether oxygens (including phenoxy) is 1. The number of hydrogen-bond acceptors (Lipinski definition) is 7. The molecule has 9 nitrogen and oxygen atoms in total. The number of rotatable bonds is 4. The van der Waals surface area contributed by atoms with Crippen molar-refractivity contribution in [3.63, 3.8) is 0 Å². The van der Waals surface area contributed by atoms with E-state index in [-0.39, 0.29) is 32.9 Å². The fourth-order valence-corrected chi connectivity index (χ4v) is 3.31. The van der Waals surface area contributed by atoms with Gasteiger partial charge >= 0.3 is 5.97 Å². The molecule has 2 heterocycles. The summed E-state index contributed by atoms with van der Waals surface area (Å²) < 4.78 is 42.8. The third kappa shape index (κ3) is 4.68. The van der Waals surface area contributed by atoms with Gasteiger partial charge in [-0.05, 0) is 36.3 Å². The largest absolute Gasteiger partial charge is 0.476 e. The van der Waals surface area contributed by atoms with Crippen LogP contribution in [0, 0.1) is 17.7 Å². The number of carboxylic acid groups (broad SMARTS) is 1. The van der Waals surface area contributed by atoms with E-state index in [0.717, 1.165) is 12.3 Å². The van der Waals surface area contributed by atoms with Crippen molar-refractivity contribution in [1.82, 2.24) is 20.4 Å². The van der Waals surface area contributed by atoms with Crippen molar-refractivity contribution in [1.29, 1.82) is 0 Å². The summed E-state index contributed by atoms with van der Waals surface area (Å²) in [4.78, 5) is 14.9. The van der Waals surface area contributed by atoms with Crippen LogP contribution in [0.2, 0.25) is 5.02 Å². The van der Waals surface area contributed by atoms with Gasteiger partial charge < -0.3 is 9.84 Å². The van der Waals surface area contributed by atoms with Crippen LogP contribution in [0.15, 0.2) is 35.4 Å². The predicted octanol–water partition coefficient (Wildman–Crippen LogP) is 2.29. The smallest absolute Gasteiger partial charge is 0.362 e. The molecule has 3 aromatic rings. The van der Waals surface area contributed by atoms with Gasteiger partial charge in [-0.2, -0.15) is 0 Å². The number of aromatic nitrogens is 4. The molecule has 0 aliphatic carbocycles. The van der Waals surface area contributed by atoms with Gasteiger partial charge in [0.2, 0.25) is 5.69 Å². The lowest BCUT2D eigenvalue weighted by Crippen LogP contribution is -2.02. The number of halogens is 2. The molecule has 0 bridgehead atoms. The van der Waals surface area contributed by atoms with Crippen LogP contribution < -0.4 is 4.74 Å². The zero-order chi connectivity index (χ0) is 21.2. The van der Waals surface area contributed by atoms with Gasteiger partial charge in [-0.1, -0.05) is 22.7 Å². The molecular formula is C17H10ClFN4O5S. The second-order valence-electron chi connectivity index (χ2n) is 5.54. The molecule has 0 fully saturated rings. The third-order valence-corrected chi connectivity index (χ3v) is 4.80. The van der Waals surface area contributed by atoms with E-state index >= 15 is 0 Å². The van der Waals surface area contributed by atoms with Crippen LogP contribution in [0.25, 0.3) is 0 Å². The summed E-state index contributed by atoms with van der Waals surface area (Å²) in [5.74, 6) is 2.88. The number of nitrogens with one attached hydrogen (secondary N) is 1. The molecule has 0 saturated carbocycles. The second-order valence-corrected chi connectivity index (χ2v) is 7.88. The Morgan fingerprint density at radius 3 is 2.72 bits per heavy atom. The summed E-state index contributed by atoms with van der Waals surface area (Å²) in [5.41, 5.74) is -0.475. The van der Waals surface area contributed by atoms with E-state index in [4.69, 9.17) is 21.4 Å². The maximum absolute atomic E-state index is 14.1. The Morgan fingerprint density at radius 2 is 2.03 bits per heavy atom. The number of carboxylic acids is 1. The molecule has 0 unspecified atom stereocenters. The van der Waals surface area contributed by atoms with Crippen LogP contribution in [0.1, 0.15) is 21.7 Å². The summed E-state index contributed by atoms with van der Waals surface area (Å²) >= 11 is 5.83. The Morgan fingerprint density at radius 1 is 1.28 bits per heavy atom. The number of pyridine rings is 1.